The molecule has 9 heteroatoms. The first kappa shape index (κ1) is 36.4. The quantitative estimate of drug-likeness (QED) is 0.135. The number of halogens is 1. The lowest BCUT2D eigenvalue weighted by Gasteiger charge is -2.11. The van der Waals surface area contributed by atoms with E-state index in [4.69, 9.17) is 14.2 Å². The van der Waals surface area contributed by atoms with Crippen molar-refractivity contribution in [1.29, 1.82) is 0 Å². The van der Waals surface area contributed by atoms with Crippen LogP contribution in [0.1, 0.15) is 110 Å². The summed E-state index contributed by atoms with van der Waals surface area (Å²) in [6, 6.07) is 0. The molecule has 229 valence electrons. The predicted octanol–water partition coefficient (Wildman–Crippen LogP) is 3.58. The van der Waals surface area contributed by atoms with Gasteiger partial charge in [-0.2, -0.15) is 0 Å². The third-order valence-corrected chi connectivity index (χ3v) is 7.20. The smallest absolute Gasteiger partial charge is 0.407 e. The summed E-state index contributed by atoms with van der Waals surface area (Å²) in [5, 5.41) is 5.52. The predicted molar refractivity (Wildman–Crippen MR) is 157 cm³/mol. The maximum Gasteiger partial charge on any atom is 0.407 e. The van der Waals surface area contributed by atoms with E-state index in [0.29, 0.717) is 32.7 Å². The lowest BCUT2D eigenvalue weighted by atomic mass is 10.0. The lowest BCUT2D eigenvalue weighted by Crippen LogP contribution is -3.00. The van der Waals surface area contributed by atoms with Gasteiger partial charge in [-0.25, -0.2) is 9.59 Å². The number of unbranched alkanes of at least 4 members (excludes halogenated alkanes) is 14. The molecular formula is C31H53IN3O5. The molecule has 2 aliphatic heterocycles. The van der Waals surface area contributed by atoms with Crippen LogP contribution < -0.4 is 39.6 Å². The number of hydrogen-bond acceptors (Lipinski definition) is 6. The summed E-state index contributed by atoms with van der Waals surface area (Å²) in [6.45, 7) is 4.23. The molecule has 2 aliphatic rings. The van der Waals surface area contributed by atoms with Crippen LogP contribution in [0.5, 0.6) is 0 Å². The Morgan fingerprint density at radius 2 is 1.40 bits per heavy atom. The normalized spacial score (nSPS) is 17.7. The number of allylic oxidation sites excluding steroid dienone is 3. The third kappa shape index (κ3) is 19.5. The van der Waals surface area contributed by atoms with E-state index in [1.54, 1.807) is 6.21 Å². The highest BCUT2D eigenvalue weighted by molar-refractivity contribution is 5.73. The first-order valence-electron chi connectivity index (χ1n) is 15.5. The molecule has 1 radical (unpaired) electrons. The summed E-state index contributed by atoms with van der Waals surface area (Å²) in [5.41, 5.74) is 0.765. The zero-order chi connectivity index (χ0) is 27.8. The van der Waals surface area contributed by atoms with Gasteiger partial charge in [-0.05, 0) is 18.9 Å². The molecule has 2 atom stereocenters. The maximum absolute atomic E-state index is 12.0. The molecule has 40 heavy (non-hydrogen) atoms. The Kier molecular flexibility index (Phi) is 22.9. The monoisotopic (exact) mass is 674 g/mol. The van der Waals surface area contributed by atoms with Gasteiger partial charge in [0.15, 0.2) is 0 Å². The van der Waals surface area contributed by atoms with Crippen molar-refractivity contribution in [2.45, 2.75) is 116 Å². The number of amides is 2. The van der Waals surface area contributed by atoms with Crippen LogP contribution in [0.4, 0.5) is 9.59 Å². The molecule has 0 spiro atoms. The van der Waals surface area contributed by atoms with Crippen molar-refractivity contribution in [3.05, 3.63) is 23.9 Å². The van der Waals surface area contributed by atoms with E-state index in [2.05, 4.69) is 22.5 Å². The first-order valence-corrected chi connectivity index (χ1v) is 15.5. The van der Waals surface area contributed by atoms with E-state index in [-0.39, 0.29) is 48.7 Å². The van der Waals surface area contributed by atoms with Crippen molar-refractivity contribution in [2.24, 2.45) is 5.92 Å². The second kappa shape index (κ2) is 25.1. The molecule has 2 unspecified atom stereocenters. The highest BCUT2D eigenvalue weighted by Gasteiger charge is 2.27. The minimum absolute atomic E-state index is 0. The van der Waals surface area contributed by atoms with E-state index < -0.39 is 6.09 Å². The van der Waals surface area contributed by atoms with Crippen LogP contribution in [0.25, 0.3) is 0 Å². The Bertz CT molecular complexity index is 759. The first-order chi connectivity index (χ1) is 19.2. The number of ether oxygens (including phenoxy) is 3. The molecule has 2 rings (SSSR count). The van der Waals surface area contributed by atoms with Crippen LogP contribution >= 0.6 is 0 Å². The van der Waals surface area contributed by atoms with Crippen LogP contribution in [0.15, 0.2) is 23.9 Å². The van der Waals surface area contributed by atoms with Crippen LogP contribution in [0.3, 0.4) is 0 Å². The topological polar surface area (TPSA) is 100.0 Å². The van der Waals surface area contributed by atoms with E-state index >= 15 is 0 Å². The lowest BCUT2D eigenvalue weighted by molar-refractivity contribution is -0.0000204. The van der Waals surface area contributed by atoms with Gasteiger partial charge >= 0.3 is 12.2 Å². The Morgan fingerprint density at radius 3 is 2.00 bits per heavy atom. The van der Waals surface area contributed by atoms with Crippen molar-refractivity contribution >= 4 is 18.4 Å². The molecule has 2 amide bonds. The van der Waals surface area contributed by atoms with E-state index in [0.717, 1.165) is 18.5 Å². The fourth-order valence-corrected chi connectivity index (χ4v) is 4.83. The van der Waals surface area contributed by atoms with Gasteiger partial charge in [-0.3, -0.25) is 0 Å². The number of carbonyl (C=O) groups excluding carboxylic acids is 2. The van der Waals surface area contributed by atoms with Crippen molar-refractivity contribution in [3.8, 4) is 0 Å². The van der Waals surface area contributed by atoms with Gasteiger partial charge in [0.1, 0.15) is 13.2 Å². The number of alkyl carbamates (subject to hydrolysis) is 2. The fraction of sp³-hybridized carbons (Fsp3) is 0.774. The van der Waals surface area contributed by atoms with Gasteiger partial charge in [0.2, 0.25) is 6.21 Å². The molecule has 0 aliphatic carbocycles. The van der Waals surface area contributed by atoms with Gasteiger partial charge < -0.3 is 48.8 Å². The van der Waals surface area contributed by atoms with Crippen LogP contribution in [0, 0.1) is 5.92 Å². The zero-order valence-corrected chi connectivity index (χ0v) is 26.8. The summed E-state index contributed by atoms with van der Waals surface area (Å²) in [4.78, 5) is 28.0. The van der Waals surface area contributed by atoms with Gasteiger partial charge in [-0.1, -0.05) is 96.8 Å². The number of rotatable bonds is 22. The van der Waals surface area contributed by atoms with Crippen molar-refractivity contribution < 1.29 is 47.8 Å². The Balaban J connectivity index is 0.00000800. The molecule has 2 heterocycles. The van der Waals surface area contributed by atoms with Crippen LogP contribution in [0.2, 0.25) is 0 Å². The number of nitrogens with one attached hydrogen (secondary N) is 2. The van der Waals surface area contributed by atoms with Crippen molar-refractivity contribution in [1.82, 2.24) is 15.6 Å². The zero-order valence-electron chi connectivity index (χ0n) is 24.7. The Morgan fingerprint density at radius 1 is 0.825 bits per heavy atom. The second-order valence-corrected chi connectivity index (χ2v) is 10.8. The average Bonchev–Trinajstić information content (AvgIpc) is 3.42. The number of aliphatic imine (C=N–C) groups is 1. The molecule has 2 N–H and O–H groups in total. The SMILES string of the molecule is CCCCCCCCCCCCCCCCCNC(=O)OCC1COC(COC(=O)NCC2=CC=CC=[N+]2)C1.[I-]. The summed E-state index contributed by atoms with van der Waals surface area (Å²) < 4.78 is 16.3. The van der Waals surface area contributed by atoms with Gasteiger partial charge in [0, 0.05) is 24.6 Å². The van der Waals surface area contributed by atoms with Crippen molar-refractivity contribution in [3.63, 3.8) is 0 Å². The second-order valence-electron chi connectivity index (χ2n) is 10.8. The summed E-state index contributed by atoms with van der Waals surface area (Å²) in [7, 11) is 0. The number of hydrogen-bond donors (Lipinski definition) is 2. The summed E-state index contributed by atoms with van der Waals surface area (Å²) >= 11 is 0. The van der Waals surface area contributed by atoms with E-state index in [1.165, 1.54) is 83.5 Å². The third-order valence-electron chi connectivity index (χ3n) is 7.20. The van der Waals surface area contributed by atoms with Crippen molar-refractivity contribution in [2.75, 3.05) is 32.9 Å². The summed E-state index contributed by atoms with van der Waals surface area (Å²) in [5.74, 6) is 0.117. The van der Waals surface area contributed by atoms with Crippen LogP contribution in [-0.2, 0) is 14.2 Å². The van der Waals surface area contributed by atoms with E-state index in [9.17, 15) is 9.59 Å². The Labute approximate surface area is 259 Å². The van der Waals surface area contributed by atoms with Gasteiger partial charge in [-0.15, -0.1) is 0 Å². The molecule has 0 aromatic carbocycles. The minimum atomic E-state index is -0.498. The molecule has 0 bridgehead atoms. The summed E-state index contributed by atoms with van der Waals surface area (Å²) in [6.07, 6.45) is 26.8. The van der Waals surface area contributed by atoms with Gasteiger partial charge in [0.25, 0.3) is 5.70 Å². The molecule has 0 saturated carbocycles. The number of carbonyl (C=O) groups is 2. The standard InChI is InChI=1S/C31H53N3O5.HI/c1-2-3-4-5-6-7-8-9-10-11-12-13-14-15-17-21-33-30(35)38-25-27-22-29(37-24-27)26-39-31(36)34-23-28-19-16-18-20-32-28;/h16,18-20,27,29H,2-15,17,21-26H2,1H3,(H,33,35)(H,34,36);1H/q+1;/p-1. The highest BCUT2D eigenvalue weighted by atomic mass is 127. The number of nitrogens with zero attached hydrogens (tertiary/aromatic N) is 1. The van der Waals surface area contributed by atoms with Crippen LogP contribution in [-0.4, -0.2) is 57.4 Å². The molecule has 0 aromatic heterocycles. The molecule has 1 fully saturated rings. The average molecular weight is 675 g/mol. The maximum atomic E-state index is 12.0. The molecule has 8 nitrogen and oxygen atoms in total. The minimum Gasteiger partial charge on any atom is -1.00 e. The molecule has 1 saturated heterocycles. The highest BCUT2D eigenvalue weighted by Crippen LogP contribution is 2.20. The van der Waals surface area contributed by atoms with Gasteiger partial charge in [0.05, 0.1) is 24.3 Å². The molecular weight excluding hydrogens is 621 g/mol. The largest absolute Gasteiger partial charge is 1.00 e. The fourth-order valence-electron chi connectivity index (χ4n) is 4.83. The van der Waals surface area contributed by atoms with E-state index in [1.807, 2.05) is 18.2 Å². The Hall–Kier alpha value is -1.62. The molecule has 0 aromatic rings.